The van der Waals surface area contributed by atoms with Gasteiger partial charge in [0.15, 0.2) is 5.16 Å². The van der Waals surface area contributed by atoms with Crippen LogP contribution in [0, 0.1) is 13.8 Å². The van der Waals surface area contributed by atoms with Gasteiger partial charge in [-0.25, -0.2) is 4.98 Å². The third-order valence-corrected chi connectivity index (χ3v) is 5.10. The third kappa shape index (κ3) is 3.87. The second-order valence-electron chi connectivity index (χ2n) is 5.10. The van der Waals surface area contributed by atoms with Crippen LogP contribution in [0.1, 0.15) is 15.3 Å². The Kier molecular flexibility index (Phi) is 4.63. The Labute approximate surface area is 133 Å². The molecule has 0 spiro atoms. The van der Waals surface area contributed by atoms with E-state index in [0.29, 0.717) is 0 Å². The molecule has 3 rings (SSSR count). The monoisotopic (exact) mass is 317 g/mol. The summed E-state index contributed by atoms with van der Waals surface area (Å²) < 4.78 is 0. The van der Waals surface area contributed by atoms with E-state index in [1.165, 1.54) is 15.3 Å². The molecule has 5 heteroatoms. The van der Waals surface area contributed by atoms with Crippen LogP contribution in [0.5, 0.6) is 0 Å². The normalized spacial score (nSPS) is 11.3. The number of thioether (sulfide) groups is 1. The molecule has 0 aliphatic rings. The van der Waals surface area contributed by atoms with E-state index in [0.717, 1.165) is 35.0 Å². The fraction of sp³-hybridized carbons (Fsp3) is 0.312. The lowest BCUT2D eigenvalue weighted by molar-refractivity contribution is 0.740. The summed E-state index contributed by atoms with van der Waals surface area (Å²) in [7, 11) is 0. The van der Waals surface area contributed by atoms with Crippen molar-refractivity contribution in [2.45, 2.75) is 25.5 Å². The van der Waals surface area contributed by atoms with E-state index >= 15 is 0 Å². The molecule has 2 N–H and O–H groups in total. The summed E-state index contributed by atoms with van der Waals surface area (Å²) in [6, 6.07) is 10.7. The van der Waals surface area contributed by atoms with E-state index in [1.807, 2.05) is 11.3 Å². The van der Waals surface area contributed by atoms with Crippen LogP contribution in [-0.4, -0.2) is 22.3 Å². The first-order chi connectivity index (χ1) is 10.2. The molecule has 3 aromatic rings. The van der Waals surface area contributed by atoms with Crippen LogP contribution in [0.3, 0.4) is 0 Å². The summed E-state index contributed by atoms with van der Waals surface area (Å²) in [6.45, 7) is 6.19. The summed E-state index contributed by atoms with van der Waals surface area (Å²) in [5, 5.41) is 4.48. The van der Waals surface area contributed by atoms with E-state index < -0.39 is 0 Å². The number of rotatable bonds is 6. The molecule has 110 valence electrons. The Balaban J connectivity index is 1.46. The van der Waals surface area contributed by atoms with E-state index in [4.69, 9.17) is 0 Å². The number of aryl methyl sites for hydroxylation is 2. The minimum Gasteiger partial charge on any atom is -0.333 e. The predicted molar refractivity (Wildman–Crippen MR) is 92.3 cm³/mol. The quantitative estimate of drug-likeness (QED) is 0.531. The van der Waals surface area contributed by atoms with Gasteiger partial charge in [-0.15, -0.1) is 11.3 Å². The molecule has 0 amide bonds. The fourth-order valence-corrected chi connectivity index (χ4v) is 3.82. The number of thiophene rings is 1. The van der Waals surface area contributed by atoms with Crippen LogP contribution in [0.2, 0.25) is 0 Å². The maximum absolute atomic E-state index is 4.59. The summed E-state index contributed by atoms with van der Waals surface area (Å²) in [5.41, 5.74) is 3.43. The van der Waals surface area contributed by atoms with Crippen LogP contribution in [0.15, 0.2) is 35.5 Å². The summed E-state index contributed by atoms with van der Waals surface area (Å²) in [6.07, 6.45) is 0. The lowest BCUT2D eigenvalue weighted by Gasteiger charge is -2.01. The molecular formula is C16H19N3S2. The molecule has 0 fully saturated rings. The lowest BCUT2D eigenvalue weighted by Crippen LogP contribution is -2.15. The third-order valence-electron chi connectivity index (χ3n) is 3.23. The van der Waals surface area contributed by atoms with Gasteiger partial charge in [0.2, 0.25) is 0 Å². The molecule has 0 aliphatic carbocycles. The highest BCUT2D eigenvalue weighted by atomic mass is 32.2. The van der Waals surface area contributed by atoms with Crippen molar-refractivity contribution in [2.75, 3.05) is 12.3 Å². The van der Waals surface area contributed by atoms with Gasteiger partial charge in [0, 0.05) is 28.6 Å². The molecule has 0 saturated heterocycles. The number of imidazole rings is 1. The molecule has 3 nitrogen and oxygen atoms in total. The molecule has 2 heterocycles. The zero-order valence-electron chi connectivity index (χ0n) is 12.3. The van der Waals surface area contributed by atoms with Crippen molar-refractivity contribution >= 4 is 34.1 Å². The SMILES string of the molecule is Cc1ccc2nc(SCCNCc3ccc(C)s3)[nH]c2c1. The fourth-order valence-electron chi connectivity index (χ4n) is 2.18. The van der Waals surface area contributed by atoms with Gasteiger partial charge in [0.25, 0.3) is 0 Å². The van der Waals surface area contributed by atoms with E-state index in [1.54, 1.807) is 11.8 Å². The Morgan fingerprint density at radius 3 is 2.95 bits per heavy atom. The Morgan fingerprint density at radius 1 is 1.24 bits per heavy atom. The first-order valence-electron chi connectivity index (χ1n) is 7.06. The first kappa shape index (κ1) is 14.6. The number of fused-ring (bicyclic) bond motifs is 1. The van der Waals surface area contributed by atoms with Crippen molar-refractivity contribution in [1.29, 1.82) is 0 Å². The predicted octanol–water partition coefficient (Wildman–Crippen LogP) is 4.12. The topological polar surface area (TPSA) is 40.7 Å². The van der Waals surface area contributed by atoms with Gasteiger partial charge in [0.1, 0.15) is 0 Å². The van der Waals surface area contributed by atoms with Crippen molar-refractivity contribution in [3.05, 3.63) is 45.6 Å². The van der Waals surface area contributed by atoms with Gasteiger partial charge in [0.05, 0.1) is 11.0 Å². The molecule has 1 aromatic carbocycles. The Morgan fingerprint density at radius 2 is 2.14 bits per heavy atom. The van der Waals surface area contributed by atoms with Crippen LogP contribution >= 0.6 is 23.1 Å². The van der Waals surface area contributed by atoms with E-state index in [9.17, 15) is 0 Å². The van der Waals surface area contributed by atoms with Crippen molar-refractivity contribution in [1.82, 2.24) is 15.3 Å². The van der Waals surface area contributed by atoms with Crippen molar-refractivity contribution in [3.63, 3.8) is 0 Å². The van der Waals surface area contributed by atoms with Crippen molar-refractivity contribution in [2.24, 2.45) is 0 Å². The maximum Gasteiger partial charge on any atom is 0.166 e. The number of hydrogen-bond acceptors (Lipinski definition) is 4. The maximum atomic E-state index is 4.59. The number of benzene rings is 1. The molecular weight excluding hydrogens is 298 g/mol. The number of nitrogens with one attached hydrogen (secondary N) is 2. The van der Waals surface area contributed by atoms with Crippen molar-refractivity contribution < 1.29 is 0 Å². The Hall–Kier alpha value is -1.30. The van der Waals surface area contributed by atoms with E-state index in [-0.39, 0.29) is 0 Å². The molecule has 0 atom stereocenters. The Bertz CT molecular complexity index is 730. The minimum absolute atomic E-state index is 0.957. The molecule has 0 saturated carbocycles. The zero-order valence-corrected chi connectivity index (χ0v) is 13.9. The molecule has 21 heavy (non-hydrogen) atoms. The van der Waals surface area contributed by atoms with Crippen LogP contribution < -0.4 is 5.32 Å². The smallest absolute Gasteiger partial charge is 0.166 e. The number of hydrogen-bond donors (Lipinski definition) is 2. The first-order valence-corrected chi connectivity index (χ1v) is 8.86. The molecule has 2 aromatic heterocycles. The minimum atomic E-state index is 0.957. The average molecular weight is 317 g/mol. The standard InChI is InChI=1S/C16H19N3S2/c1-11-3-6-14-15(9-11)19-16(18-14)20-8-7-17-10-13-5-4-12(2)21-13/h3-6,9,17H,7-8,10H2,1-2H3,(H,18,19). The molecule has 0 radical (unpaired) electrons. The number of H-pyrrole nitrogens is 1. The van der Waals surface area contributed by atoms with Gasteiger partial charge in [-0.1, -0.05) is 17.8 Å². The average Bonchev–Trinajstić information content (AvgIpc) is 3.04. The van der Waals surface area contributed by atoms with Crippen molar-refractivity contribution in [3.8, 4) is 0 Å². The van der Waals surface area contributed by atoms with Gasteiger partial charge in [-0.2, -0.15) is 0 Å². The largest absolute Gasteiger partial charge is 0.333 e. The number of aromatic amines is 1. The summed E-state index contributed by atoms with van der Waals surface area (Å²) >= 11 is 3.63. The van der Waals surface area contributed by atoms with Gasteiger partial charge in [-0.05, 0) is 43.7 Å². The number of aromatic nitrogens is 2. The summed E-state index contributed by atoms with van der Waals surface area (Å²) in [4.78, 5) is 10.7. The highest BCUT2D eigenvalue weighted by Gasteiger charge is 2.03. The second-order valence-corrected chi connectivity index (χ2v) is 7.56. The van der Waals surface area contributed by atoms with Crippen LogP contribution in [0.25, 0.3) is 11.0 Å². The summed E-state index contributed by atoms with van der Waals surface area (Å²) in [5.74, 6) is 1.02. The zero-order chi connectivity index (χ0) is 14.7. The number of nitrogens with zero attached hydrogens (tertiary/aromatic N) is 1. The van der Waals surface area contributed by atoms with Gasteiger partial charge in [-0.3, -0.25) is 0 Å². The van der Waals surface area contributed by atoms with Crippen LogP contribution in [-0.2, 0) is 6.54 Å². The van der Waals surface area contributed by atoms with Gasteiger partial charge < -0.3 is 10.3 Å². The molecule has 0 unspecified atom stereocenters. The molecule has 0 aliphatic heterocycles. The molecule has 0 bridgehead atoms. The van der Waals surface area contributed by atoms with E-state index in [2.05, 4.69) is 59.5 Å². The second kappa shape index (κ2) is 6.64. The van der Waals surface area contributed by atoms with Crippen LogP contribution in [0.4, 0.5) is 0 Å². The highest BCUT2D eigenvalue weighted by Crippen LogP contribution is 2.20. The lowest BCUT2D eigenvalue weighted by atomic mass is 10.2. The highest BCUT2D eigenvalue weighted by molar-refractivity contribution is 7.99. The van der Waals surface area contributed by atoms with Gasteiger partial charge >= 0.3 is 0 Å².